The van der Waals surface area contributed by atoms with Crippen molar-refractivity contribution >= 4 is 17.4 Å². The van der Waals surface area contributed by atoms with Gasteiger partial charge in [-0.2, -0.15) is 0 Å². The van der Waals surface area contributed by atoms with Crippen LogP contribution in [0.2, 0.25) is 5.02 Å². The maximum absolute atomic E-state index is 6.39. The number of rotatable bonds is 4. The van der Waals surface area contributed by atoms with Crippen molar-refractivity contribution in [1.82, 2.24) is 9.55 Å². The lowest BCUT2D eigenvalue weighted by molar-refractivity contribution is 0.355. The van der Waals surface area contributed by atoms with Crippen molar-refractivity contribution in [3.05, 3.63) is 23.0 Å². The monoisotopic (exact) mass is 305 g/mol. The Morgan fingerprint density at radius 1 is 1.38 bits per heavy atom. The number of aryl methyl sites for hydroxylation is 1. The van der Waals surface area contributed by atoms with E-state index in [1.54, 1.807) is 23.8 Å². The van der Waals surface area contributed by atoms with Gasteiger partial charge in [0.25, 0.3) is 0 Å². The van der Waals surface area contributed by atoms with Crippen molar-refractivity contribution in [3.63, 3.8) is 0 Å². The van der Waals surface area contributed by atoms with E-state index in [2.05, 4.69) is 10.9 Å². The van der Waals surface area contributed by atoms with Crippen LogP contribution in [0.3, 0.4) is 0 Å². The Morgan fingerprint density at radius 3 is 2.67 bits per heavy atom. The van der Waals surface area contributed by atoms with Crippen LogP contribution in [0.25, 0.3) is 11.3 Å². The van der Waals surface area contributed by atoms with Gasteiger partial charge in [0.05, 0.1) is 25.8 Å². The fourth-order valence-corrected chi connectivity index (χ4v) is 2.47. The van der Waals surface area contributed by atoms with Crippen LogP contribution in [-0.2, 0) is 6.54 Å². The number of anilines is 1. The predicted octanol–water partition coefficient (Wildman–Crippen LogP) is 2.74. The highest BCUT2D eigenvalue weighted by Crippen LogP contribution is 2.42. The first-order valence-corrected chi connectivity index (χ1v) is 6.59. The summed E-state index contributed by atoms with van der Waals surface area (Å²) in [7, 11) is 3.08. The van der Waals surface area contributed by atoms with Gasteiger partial charge in [-0.05, 0) is 19.1 Å². The predicted molar refractivity (Wildman–Crippen MR) is 83.8 cm³/mol. The van der Waals surface area contributed by atoms with Crippen LogP contribution >= 0.6 is 11.6 Å². The van der Waals surface area contributed by atoms with Gasteiger partial charge in [0, 0.05) is 5.56 Å². The average Bonchev–Trinajstić information content (AvgIpc) is 2.75. The van der Waals surface area contributed by atoms with Crippen molar-refractivity contribution in [1.29, 1.82) is 0 Å². The highest BCUT2D eigenvalue weighted by atomic mass is 35.5. The number of ether oxygens (including phenoxy) is 2. The summed E-state index contributed by atoms with van der Waals surface area (Å²) in [6.45, 7) is 2.20. The van der Waals surface area contributed by atoms with E-state index < -0.39 is 0 Å². The summed E-state index contributed by atoms with van der Waals surface area (Å²) < 4.78 is 12.3. The lowest BCUT2D eigenvalue weighted by Crippen LogP contribution is -2.03. The first-order chi connectivity index (χ1) is 10.0. The second-order valence-corrected chi connectivity index (χ2v) is 4.72. The summed E-state index contributed by atoms with van der Waals surface area (Å²) in [6, 6.07) is 3.55. The molecule has 1 aromatic heterocycles. The third kappa shape index (κ3) is 2.50. The van der Waals surface area contributed by atoms with Gasteiger partial charge >= 0.3 is 0 Å². The minimum absolute atomic E-state index is 0.357. The third-order valence-corrected chi connectivity index (χ3v) is 3.56. The zero-order valence-corrected chi connectivity index (χ0v) is 12.9. The normalized spacial score (nSPS) is 10.2. The number of benzene rings is 1. The molecule has 5 nitrogen and oxygen atoms in total. The first-order valence-electron chi connectivity index (χ1n) is 6.22. The van der Waals surface area contributed by atoms with E-state index in [0.717, 1.165) is 5.82 Å². The molecular weight excluding hydrogens is 290 g/mol. The highest BCUT2D eigenvalue weighted by Gasteiger charge is 2.20. The highest BCUT2D eigenvalue weighted by molar-refractivity contribution is 6.35. The van der Waals surface area contributed by atoms with Gasteiger partial charge in [0.2, 0.25) is 0 Å². The van der Waals surface area contributed by atoms with Gasteiger partial charge in [0.1, 0.15) is 17.3 Å². The summed E-state index contributed by atoms with van der Waals surface area (Å²) >= 11 is 6.39. The SMILES string of the molecule is C#CCn1c(C)nc(-c2ccc(OC)c(OC)c2Cl)c1N. The zero-order valence-electron chi connectivity index (χ0n) is 12.1. The van der Waals surface area contributed by atoms with E-state index in [1.165, 1.54) is 7.11 Å². The van der Waals surface area contributed by atoms with Crippen LogP contribution in [0.5, 0.6) is 11.5 Å². The molecule has 0 fully saturated rings. The van der Waals surface area contributed by atoms with Crippen LogP contribution in [0.4, 0.5) is 5.82 Å². The van der Waals surface area contributed by atoms with Crippen LogP contribution in [0, 0.1) is 19.3 Å². The quantitative estimate of drug-likeness (QED) is 0.882. The maximum Gasteiger partial charge on any atom is 0.180 e. The molecule has 2 rings (SSSR count). The van der Waals surface area contributed by atoms with E-state index in [0.29, 0.717) is 40.1 Å². The number of halogens is 1. The topological polar surface area (TPSA) is 62.3 Å². The molecule has 0 aliphatic rings. The molecule has 0 atom stereocenters. The van der Waals surface area contributed by atoms with Gasteiger partial charge in [-0.1, -0.05) is 17.5 Å². The van der Waals surface area contributed by atoms with Crippen molar-refractivity contribution in [2.75, 3.05) is 20.0 Å². The Bertz CT molecular complexity index is 717. The molecule has 110 valence electrons. The molecule has 2 N–H and O–H groups in total. The van der Waals surface area contributed by atoms with E-state index in [9.17, 15) is 0 Å². The van der Waals surface area contributed by atoms with E-state index >= 15 is 0 Å². The number of hydrogen-bond donors (Lipinski definition) is 1. The number of terminal acetylenes is 1. The molecule has 0 aliphatic heterocycles. The lowest BCUT2D eigenvalue weighted by Gasteiger charge is -2.12. The number of methoxy groups -OCH3 is 2. The number of nitrogens with zero attached hydrogens (tertiary/aromatic N) is 2. The molecule has 0 amide bonds. The fourth-order valence-electron chi connectivity index (χ4n) is 2.14. The summed E-state index contributed by atoms with van der Waals surface area (Å²) in [6.07, 6.45) is 5.34. The second-order valence-electron chi connectivity index (χ2n) is 4.35. The molecule has 2 aromatic rings. The van der Waals surface area contributed by atoms with Crippen molar-refractivity contribution < 1.29 is 9.47 Å². The Morgan fingerprint density at radius 2 is 2.10 bits per heavy atom. The van der Waals surface area contributed by atoms with Crippen LogP contribution in [0.15, 0.2) is 12.1 Å². The molecule has 1 aromatic carbocycles. The van der Waals surface area contributed by atoms with Crippen molar-refractivity contribution in [2.45, 2.75) is 13.5 Å². The van der Waals surface area contributed by atoms with E-state index in [1.807, 2.05) is 6.92 Å². The molecule has 21 heavy (non-hydrogen) atoms. The number of nitrogen functional groups attached to an aromatic ring is 1. The fraction of sp³-hybridized carbons (Fsp3) is 0.267. The molecule has 0 saturated heterocycles. The summed E-state index contributed by atoms with van der Waals surface area (Å²) in [4.78, 5) is 4.45. The molecular formula is C15H16ClN3O2. The standard InChI is InChI=1S/C15H16ClN3O2/c1-5-8-19-9(2)18-13(15(19)17)10-6-7-11(20-3)14(21-4)12(10)16/h1,6-7H,8,17H2,2-4H3. The van der Waals surface area contributed by atoms with E-state index in [4.69, 9.17) is 33.2 Å². The van der Waals surface area contributed by atoms with Gasteiger partial charge in [-0.15, -0.1) is 6.42 Å². The first kappa shape index (κ1) is 15.1. The van der Waals surface area contributed by atoms with Crippen LogP contribution in [-0.4, -0.2) is 23.8 Å². The molecule has 0 unspecified atom stereocenters. The minimum atomic E-state index is 0.357. The van der Waals surface area contributed by atoms with Crippen molar-refractivity contribution in [2.24, 2.45) is 0 Å². The Balaban J connectivity index is 2.63. The molecule has 0 bridgehead atoms. The molecule has 0 aliphatic carbocycles. The lowest BCUT2D eigenvalue weighted by atomic mass is 10.1. The van der Waals surface area contributed by atoms with Crippen LogP contribution < -0.4 is 15.2 Å². The molecule has 0 spiro atoms. The van der Waals surface area contributed by atoms with Gasteiger partial charge in [-0.25, -0.2) is 4.98 Å². The second kappa shape index (κ2) is 5.98. The minimum Gasteiger partial charge on any atom is -0.493 e. The Hall–Kier alpha value is -2.32. The molecule has 0 saturated carbocycles. The largest absolute Gasteiger partial charge is 0.493 e. The van der Waals surface area contributed by atoms with Gasteiger partial charge < -0.3 is 19.8 Å². The maximum atomic E-state index is 6.39. The molecule has 0 radical (unpaired) electrons. The molecule has 6 heteroatoms. The number of nitrogens with two attached hydrogens (primary N) is 1. The van der Waals surface area contributed by atoms with Gasteiger partial charge in [0.15, 0.2) is 11.5 Å². The summed E-state index contributed by atoms with van der Waals surface area (Å²) in [5.41, 5.74) is 7.38. The van der Waals surface area contributed by atoms with Crippen molar-refractivity contribution in [3.8, 4) is 35.1 Å². The summed E-state index contributed by atoms with van der Waals surface area (Å²) in [5.74, 6) is 4.74. The van der Waals surface area contributed by atoms with Crippen LogP contribution in [0.1, 0.15) is 5.82 Å². The van der Waals surface area contributed by atoms with Gasteiger partial charge in [-0.3, -0.25) is 0 Å². The summed E-state index contributed by atoms with van der Waals surface area (Å²) in [5, 5.41) is 0.397. The average molecular weight is 306 g/mol. The zero-order chi connectivity index (χ0) is 15.6. The Labute approximate surface area is 128 Å². The van der Waals surface area contributed by atoms with E-state index in [-0.39, 0.29) is 0 Å². The molecule has 1 heterocycles. The number of hydrogen-bond acceptors (Lipinski definition) is 4. The smallest absolute Gasteiger partial charge is 0.180 e. The number of aromatic nitrogens is 2. The third-order valence-electron chi connectivity index (χ3n) is 3.19. The number of imidazole rings is 1. The Kier molecular flexibility index (Phi) is 4.29.